The van der Waals surface area contributed by atoms with Crippen molar-refractivity contribution in [3.8, 4) is 0 Å². The molecule has 0 amide bonds. The number of rotatable bonds is 9. The van der Waals surface area contributed by atoms with Crippen molar-refractivity contribution in [2.45, 2.75) is 46.1 Å². The molecule has 0 saturated heterocycles. The molecule has 0 heterocycles. The second-order valence-electron chi connectivity index (χ2n) is 4.94. The van der Waals surface area contributed by atoms with Crippen molar-refractivity contribution in [2.24, 2.45) is 5.92 Å². The molecule has 0 aliphatic rings. The van der Waals surface area contributed by atoms with Gasteiger partial charge in [0.25, 0.3) is 5.69 Å². The zero-order chi connectivity index (χ0) is 15.0. The number of ether oxygens (including phenoxy) is 1. The molecule has 4 nitrogen and oxygen atoms in total. The lowest BCUT2D eigenvalue weighted by atomic mass is 10.0. The molecule has 1 aromatic carbocycles. The number of unbranched alkanes of at least 4 members (excludes halogenated alkanes) is 1. The summed E-state index contributed by atoms with van der Waals surface area (Å²) < 4.78 is 6.25. The van der Waals surface area contributed by atoms with Gasteiger partial charge in [-0.15, -0.1) is 0 Å². The summed E-state index contributed by atoms with van der Waals surface area (Å²) in [5.74, 6) is 0.576. The lowest BCUT2D eigenvalue weighted by molar-refractivity contribution is -0.385. The molecule has 1 atom stereocenters. The zero-order valence-electron chi connectivity index (χ0n) is 12.1. The highest BCUT2D eigenvalue weighted by Gasteiger charge is 2.15. The molecule has 0 bridgehead atoms. The fourth-order valence-electron chi connectivity index (χ4n) is 2.05. The normalized spacial score (nSPS) is 12.3. The summed E-state index contributed by atoms with van der Waals surface area (Å²) >= 11 is 3.29. The molecular formula is C15H22BrNO3. The van der Waals surface area contributed by atoms with Crippen LogP contribution in [0.15, 0.2) is 22.7 Å². The number of hydrogen-bond acceptors (Lipinski definition) is 3. The molecular weight excluding hydrogens is 322 g/mol. The molecule has 0 fully saturated rings. The highest BCUT2D eigenvalue weighted by molar-refractivity contribution is 9.10. The van der Waals surface area contributed by atoms with E-state index in [0.717, 1.165) is 12.0 Å². The molecule has 0 aromatic heterocycles. The smallest absolute Gasteiger partial charge is 0.283 e. The second kappa shape index (κ2) is 9.08. The summed E-state index contributed by atoms with van der Waals surface area (Å²) in [6, 6.07) is 5.03. The molecule has 5 heteroatoms. The van der Waals surface area contributed by atoms with Crippen LogP contribution >= 0.6 is 15.9 Å². The van der Waals surface area contributed by atoms with Gasteiger partial charge < -0.3 is 4.74 Å². The van der Waals surface area contributed by atoms with Crippen molar-refractivity contribution in [3.05, 3.63) is 38.3 Å². The van der Waals surface area contributed by atoms with Crippen LogP contribution in [0.2, 0.25) is 0 Å². The Morgan fingerprint density at radius 3 is 2.75 bits per heavy atom. The van der Waals surface area contributed by atoms with E-state index in [9.17, 15) is 10.1 Å². The minimum absolute atomic E-state index is 0.0872. The molecule has 112 valence electrons. The maximum atomic E-state index is 10.9. The van der Waals surface area contributed by atoms with Crippen LogP contribution in [0, 0.1) is 16.0 Å². The number of nitro benzene ring substituents is 1. The fraction of sp³-hybridized carbons (Fsp3) is 0.600. The van der Waals surface area contributed by atoms with Gasteiger partial charge in [-0.2, -0.15) is 0 Å². The first-order valence-electron chi connectivity index (χ1n) is 7.09. The van der Waals surface area contributed by atoms with E-state index in [4.69, 9.17) is 4.74 Å². The largest absolute Gasteiger partial charge is 0.376 e. The number of halogens is 1. The van der Waals surface area contributed by atoms with Crippen molar-refractivity contribution in [1.29, 1.82) is 0 Å². The standard InChI is InChI=1S/C15H22BrNO3/c1-3-5-7-12(4-2)10-20-11-13-8-6-9-14(15(13)16)17(18)19/h6,8-9,12H,3-5,7,10-11H2,1-2H3. The monoisotopic (exact) mass is 343 g/mol. The average Bonchev–Trinajstić information content (AvgIpc) is 2.44. The van der Waals surface area contributed by atoms with Crippen LogP contribution in [0.25, 0.3) is 0 Å². The number of nitrogens with zero attached hydrogens (tertiary/aromatic N) is 1. The minimum Gasteiger partial charge on any atom is -0.376 e. The lowest BCUT2D eigenvalue weighted by Crippen LogP contribution is -2.09. The van der Waals surface area contributed by atoms with Crippen molar-refractivity contribution >= 4 is 21.6 Å². The van der Waals surface area contributed by atoms with Gasteiger partial charge in [0.05, 0.1) is 11.5 Å². The van der Waals surface area contributed by atoms with E-state index >= 15 is 0 Å². The first-order chi connectivity index (χ1) is 9.60. The van der Waals surface area contributed by atoms with Crippen molar-refractivity contribution in [2.75, 3.05) is 6.61 Å². The third-order valence-corrected chi connectivity index (χ3v) is 4.32. The van der Waals surface area contributed by atoms with Gasteiger partial charge in [-0.1, -0.05) is 45.2 Å². The summed E-state index contributed by atoms with van der Waals surface area (Å²) in [5, 5.41) is 10.9. The number of nitro groups is 1. The first-order valence-corrected chi connectivity index (χ1v) is 7.88. The topological polar surface area (TPSA) is 52.4 Å². The highest BCUT2D eigenvalue weighted by atomic mass is 79.9. The van der Waals surface area contributed by atoms with Crippen LogP contribution in [-0.2, 0) is 11.3 Å². The highest BCUT2D eigenvalue weighted by Crippen LogP contribution is 2.28. The Kier molecular flexibility index (Phi) is 7.77. The fourth-order valence-corrected chi connectivity index (χ4v) is 2.58. The Balaban J connectivity index is 2.53. The van der Waals surface area contributed by atoms with Gasteiger partial charge in [-0.3, -0.25) is 10.1 Å². The Labute approximate surface area is 128 Å². The molecule has 0 N–H and O–H groups in total. The Hall–Kier alpha value is -0.940. The van der Waals surface area contributed by atoms with Gasteiger partial charge >= 0.3 is 0 Å². The summed E-state index contributed by atoms with van der Waals surface area (Å²) in [5.41, 5.74) is 0.911. The van der Waals surface area contributed by atoms with Crippen molar-refractivity contribution in [1.82, 2.24) is 0 Å². The van der Waals surface area contributed by atoms with Crippen LogP contribution < -0.4 is 0 Å². The van der Waals surface area contributed by atoms with E-state index in [-0.39, 0.29) is 10.6 Å². The first kappa shape index (κ1) is 17.1. The van der Waals surface area contributed by atoms with Gasteiger partial charge in [0.15, 0.2) is 0 Å². The van der Waals surface area contributed by atoms with Crippen LogP contribution in [0.5, 0.6) is 0 Å². The number of benzene rings is 1. The predicted octanol–water partition coefficient (Wildman–Crippen LogP) is 5.09. The molecule has 0 radical (unpaired) electrons. The van der Waals surface area contributed by atoms with E-state index in [1.54, 1.807) is 6.07 Å². The zero-order valence-corrected chi connectivity index (χ0v) is 13.7. The van der Waals surface area contributed by atoms with Gasteiger partial charge in [0.2, 0.25) is 0 Å². The quantitative estimate of drug-likeness (QED) is 0.463. The molecule has 0 aliphatic carbocycles. The summed E-state index contributed by atoms with van der Waals surface area (Å²) in [6.45, 7) is 5.48. The van der Waals surface area contributed by atoms with Gasteiger partial charge in [-0.25, -0.2) is 0 Å². The molecule has 0 spiro atoms. The van der Waals surface area contributed by atoms with Crippen LogP contribution in [0.3, 0.4) is 0 Å². The summed E-state index contributed by atoms with van der Waals surface area (Å²) in [6.07, 6.45) is 4.72. The maximum Gasteiger partial charge on any atom is 0.283 e. The van der Waals surface area contributed by atoms with Crippen LogP contribution in [0.4, 0.5) is 5.69 Å². The third kappa shape index (κ3) is 5.21. The van der Waals surface area contributed by atoms with Crippen molar-refractivity contribution in [3.63, 3.8) is 0 Å². The third-order valence-electron chi connectivity index (χ3n) is 3.41. The average molecular weight is 344 g/mol. The van der Waals surface area contributed by atoms with E-state index in [1.807, 2.05) is 6.07 Å². The summed E-state index contributed by atoms with van der Waals surface area (Å²) in [7, 11) is 0. The maximum absolute atomic E-state index is 10.9. The van der Waals surface area contributed by atoms with Crippen LogP contribution in [0.1, 0.15) is 45.1 Å². The van der Waals surface area contributed by atoms with E-state index < -0.39 is 0 Å². The van der Waals surface area contributed by atoms with E-state index in [0.29, 0.717) is 23.6 Å². The van der Waals surface area contributed by atoms with Gasteiger partial charge in [0.1, 0.15) is 4.47 Å². The SMILES string of the molecule is CCCCC(CC)COCc1cccc([N+](=O)[O-])c1Br. The minimum atomic E-state index is -0.385. The van der Waals surface area contributed by atoms with Crippen molar-refractivity contribution < 1.29 is 9.66 Å². The Morgan fingerprint density at radius 2 is 2.15 bits per heavy atom. The molecule has 0 saturated carbocycles. The molecule has 20 heavy (non-hydrogen) atoms. The Bertz CT molecular complexity index is 437. The van der Waals surface area contributed by atoms with Crippen LogP contribution in [-0.4, -0.2) is 11.5 Å². The number of hydrogen-bond donors (Lipinski definition) is 0. The van der Waals surface area contributed by atoms with E-state index in [2.05, 4.69) is 29.8 Å². The van der Waals surface area contributed by atoms with Gasteiger partial charge in [-0.05, 0) is 33.8 Å². The van der Waals surface area contributed by atoms with E-state index in [1.165, 1.54) is 25.3 Å². The molecule has 0 aliphatic heterocycles. The second-order valence-corrected chi connectivity index (χ2v) is 5.73. The van der Waals surface area contributed by atoms with Gasteiger partial charge in [0, 0.05) is 12.7 Å². The lowest BCUT2D eigenvalue weighted by Gasteiger charge is -2.15. The molecule has 1 rings (SSSR count). The predicted molar refractivity (Wildman–Crippen MR) is 83.8 cm³/mol. The summed E-state index contributed by atoms with van der Waals surface area (Å²) in [4.78, 5) is 10.5. The molecule has 1 unspecified atom stereocenters. The Morgan fingerprint density at radius 1 is 1.40 bits per heavy atom. The molecule has 1 aromatic rings.